The second-order valence-corrected chi connectivity index (χ2v) is 4.33. The van der Waals surface area contributed by atoms with Crippen molar-refractivity contribution < 1.29 is 14.6 Å². The number of hydrogen-bond acceptors (Lipinski definition) is 2. The van der Waals surface area contributed by atoms with Gasteiger partial charge in [0.1, 0.15) is 6.10 Å². The molecule has 1 aromatic rings. The molecule has 2 atom stereocenters. The maximum absolute atomic E-state index is 10.8. The number of epoxide rings is 1. The zero-order valence-electron chi connectivity index (χ0n) is 9.14. The van der Waals surface area contributed by atoms with E-state index in [0.29, 0.717) is 13.0 Å². The highest BCUT2D eigenvalue weighted by Gasteiger charge is 2.44. The van der Waals surface area contributed by atoms with E-state index >= 15 is 0 Å². The molecule has 1 aliphatic rings. The van der Waals surface area contributed by atoms with Crippen molar-refractivity contribution in [3.8, 4) is 0 Å². The van der Waals surface area contributed by atoms with E-state index in [1.165, 1.54) is 0 Å². The molecule has 2 rings (SSSR count). The van der Waals surface area contributed by atoms with E-state index in [1.807, 2.05) is 37.3 Å². The summed E-state index contributed by atoms with van der Waals surface area (Å²) in [5, 5.41) is 11.4. The fourth-order valence-corrected chi connectivity index (χ4v) is 1.92. The van der Waals surface area contributed by atoms with E-state index in [1.54, 1.807) is 0 Å². The molecular weight excluding hydrogens is 206 g/mol. The lowest BCUT2D eigenvalue weighted by Gasteiger charge is -2.27. The second kappa shape index (κ2) is 4.14. The largest absolute Gasteiger partial charge is 0.465 e. The summed E-state index contributed by atoms with van der Waals surface area (Å²) < 4.78 is 5.22. The summed E-state index contributed by atoms with van der Waals surface area (Å²) in [5.74, 6) is 0. The van der Waals surface area contributed by atoms with Gasteiger partial charge in [0.05, 0.1) is 12.1 Å². The van der Waals surface area contributed by atoms with Crippen molar-refractivity contribution in [2.75, 3.05) is 6.61 Å². The van der Waals surface area contributed by atoms with Gasteiger partial charge in [-0.05, 0) is 18.9 Å². The molecule has 0 aliphatic carbocycles. The van der Waals surface area contributed by atoms with Crippen LogP contribution in [0.25, 0.3) is 0 Å². The van der Waals surface area contributed by atoms with Crippen LogP contribution >= 0.6 is 0 Å². The third kappa shape index (κ3) is 2.52. The molecule has 1 fully saturated rings. The topological polar surface area (TPSA) is 61.9 Å². The van der Waals surface area contributed by atoms with Crippen LogP contribution in [0.1, 0.15) is 12.5 Å². The quantitative estimate of drug-likeness (QED) is 0.760. The van der Waals surface area contributed by atoms with Crippen molar-refractivity contribution in [1.82, 2.24) is 5.32 Å². The van der Waals surface area contributed by atoms with E-state index in [0.717, 1.165) is 5.56 Å². The highest BCUT2D eigenvalue weighted by molar-refractivity contribution is 5.66. The summed E-state index contributed by atoms with van der Waals surface area (Å²) in [4.78, 5) is 10.8. The van der Waals surface area contributed by atoms with Gasteiger partial charge in [0.25, 0.3) is 0 Å². The standard InChI is InChI=1S/C12H15NO3/c1-12(10-8-16-10,13-11(14)15)7-9-5-3-2-4-6-9/h2-6,10,13H,7-8H2,1H3,(H,14,15)/t10?,12-/m1/s1. The average molecular weight is 221 g/mol. The Morgan fingerprint density at radius 2 is 2.19 bits per heavy atom. The third-order valence-electron chi connectivity index (χ3n) is 2.85. The summed E-state index contributed by atoms with van der Waals surface area (Å²) in [6, 6.07) is 9.82. The van der Waals surface area contributed by atoms with Gasteiger partial charge in [-0.2, -0.15) is 0 Å². The van der Waals surface area contributed by atoms with Crippen molar-refractivity contribution >= 4 is 6.09 Å². The number of benzene rings is 1. The summed E-state index contributed by atoms with van der Waals surface area (Å²) >= 11 is 0. The van der Waals surface area contributed by atoms with Crippen molar-refractivity contribution in [2.24, 2.45) is 0 Å². The molecule has 0 aromatic heterocycles. The molecule has 86 valence electrons. The molecule has 0 radical (unpaired) electrons. The molecule has 0 saturated carbocycles. The summed E-state index contributed by atoms with van der Waals surface area (Å²) in [6.45, 7) is 2.51. The van der Waals surface area contributed by atoms with E-state index in [9.17, 15) is 4.79 Å². The Bertz CT molecular complexity index is 375. The van der Waals surface area contributed by atoms with Gasteiger partial charge in [0.2, 0.25) is 0 Å². The molecule has 1 saturated heterocycles. The van der Waals surface area contributed by atoms with Crippen LogP contribution in [0.4, 0.5) is 4.79 Å². The number of hydrogen-bond donors (Lipinski definition) is 2. The zero-order chi connectivity index (χ0) is 11.6. The number of ether oxygens (including phenoxy) is 1. The Morgan fingerprint density at radius 1 is 1.56 bits per heavy atom. The summed E-state index contributed by atoms with van der Waals surface area (Å²) in [6.07, 6.45) is -0.372. The van der Waals surface area contributed by atoms with Crippen LogP contribution in [0, 0.1) is 0 Å². The Labute approximate surface area is 94.2 Å². The van der Waals surface area contributed by atoms with Gasteiger partial charge in [-0.25, -0.2) is 4.79 Å². The minimum Gasteiger partial charge on any atom is -0.465 e. The van der Waals surface area contributed by atoms with E-state index in [-0.39, 0.29) is 6.10 Å². The molecular formula is C12H15NO3. The number of nitrogens with one attached hydrogen (secondary N) is 1. The molecule has 1 unspecified atom stereocenters. The number of amides is 1. The van der Waals surface area contributed by atoms with E-state index < -0.39 is 11.6 Å². The first-order chi connectivity index (χ1) is 7.60. The van der Waals surface area contributed by atoms with Crippen molar-refractivity contribution in [1.29, 1.82) is 0 Å². The molecule has 2 N–H and O–H groups in total. The Kier molecular flexibility index (Phi) is 2.83. The van der Waals surface area contributed by atoms with Crippen LogP contribution in [0.15, 0.2) is 30.3 Å². The van der Waals surface area contributed by atoms with Gasteiger partial charge < -0.3 is 15.2 Å². The van der Waals surface area contributed by atoms with E-state index in [2.05, 4.69) is 5.32 Å². The van der Waals surface area contributed by atoms with Crippen molar-refractivity contribution in [3.05, 3.63) is 35.9 Å². The van der Waals surface area contributed by atoms with E-state index in [4.69, 9.17) is 9.84 Å². The van der Waals surface area contributed by atoms with Gasteiger partial charge in [-0.3, -0.25) is 0 Å². The Hall–Kier alpha value is -1.55. The zero-order valence-corrected chi connectivity index (χ0v) is 9.14. The van der Waals surface area contributed by atoms with Crippen molar-refractivity contribution in [2.45, 2.75) is 25.0 Å². The SMILES string of the molecule is C[C@](Cc1ccccc1)(NC(=O)O)C1CO1. The fourth-order valence-electron chi connectivity index (χ4n) is 1.92. The van der Waals surface area contributed by atoms with Gasteiger partial charge >= 0.3 is 6.09 Å². The minimum atomic E-state index is -1.01. The van der Waals surface area contributed by atoms with Crippen LogP contribution in [-0.2, 0) is 11.2 Å². The van der Waals surface area contributed by atoms with Gasteiger partial charge in [0, 0.05) is 0 Å². The van der Waals surface area contributed by atoms with Crippen LogP contribution in [0.2, 0.25) is 0 Å². The predicted octanol–water partition coefficient (Wildman–Crippen LogP) is 1.65. The first-order valence-corrected chi connectivity index (χ1v) is 5.27. The average Bonchev–Trinajstić information content (AvgIpc) is 3.00. The Balaban J connectivity index is 2.11. The van der Waals surface area contributed by atoms with Gasteiger partial charge in [-0.1, -0.05) is 30.3 Å². The molecule has 16 heavy (non-hydrogen) atoms. The molecule has 4 heteroatoms. The number of carboxylic acid groups (broad SMARTS) is 1. The predicted molar refractivity (Wildman–Crippen MR) is 59.5 cm³/mol. The van der Waals surface area contributed by atoms with Gasteiger partial charge in [0.15, 0.2) is 0 Å². The lowest BCUT2D eigenvalue weighted by atomic mass is 9.90. The molecule has 1 amide bonds. The smallest absolute Gasteiger partial charge is 0.405 e. The van der Waals surface area contributed by atoms with Crippen LogP contribution < -0.4 is 5.32 Å². The lowest BCUT2D eigenvalue weighted by molar-refractivity contribution is 0.169. The molecule has 1 aliphatic heterocycles. The normalized spacial score (nSPS) is 22.2. The lowest BCUT2D eigenvalue weighted by Crippen LogP contribution is -2.51. The molecule has 0 spiro atoms. The number of rotatable bonds is 4. The summed E-state index contributed by atoms with van der Waals surface area (Å²) in [5.41, 5.74) is 0.571. The van der Waals surface area contributed by atoms with Crippen LogP contribution in [-0.4, -0.2) is 29.4 Å². The summed E-state index contributed by atoms with van der Waals surface area (Å²) in [7, 11) is 0. The van der Waals surface area contributed by atoms with Gasteiger partial charge in [-0.15, -0.1) is 0 Å². The molecule has 1 aromatic carbocycles. The third-order valence-corrected chi connectivity index (χ3v) is 2.85. The maximum atomic E-state index is 10.8. The first-order valence-electron chi connectivity index (χ1n) is 5.27. The minimum absolute atomic E-state index is 0.0104. The maximum Gasteiger partial charge on any atom is 0.405 e. The molecule has 1 heterocycles. The highest BCUT2D eigenvalue weighted by atomic mass is 16.6. The fraction of sp³-hybridized carbons (Fsp3) is 0.417. The first kappa shape index (κ1) is 11.0. The Morgan fingerprint density at radius 3 is 2.69 bits per heavy atom. The van der Waals surface area contributed by atoms with Crippen LogP contribution in [0.5, 0.6) is 0 Å². The second-order valence-electron chi connectivity index (χ2n) is 4.33. The van der Waals surface area contributed by atoms with Crippen LogP contribution in [0.3, 0.4) is 0 Å². The molecule has 0 bridgehead atoms. The molecule has 4 nitrogen and oxygen atoms in total. The highest BCUT2D eigenvalue weighted by Crippen LogP contribution is 2.28. The van der Waals surface area contributed by atoms with Crippen molar-refractivity contribution in [3.63, 3.8) is 0 Å². The monoisotopic (exact) mass is 221 g/mol. The number of carbonyl (C=O) groups is 1.